The van der Waals surface area contributed by atoms with Gasteiger partial charge in [-0.15, -0.1) is 0 Å². The SMILES string of the molecule is Cc1cn([C@H]2C[C@H](O)[C@@H](CNC(=O)Cc3ccccc3)O2)c(=O)[nH]c1=O. The highest BCUT2D eigenvalue weighted by atomic mass is 16.5. The lowest BCUT2D eigenvalue weighted by atomic mass is 10.1. The molecule has 1 aromatic carbocycles. The van der Waals surface area contributed by atoms with E-state index in [1.54, 1.807) is 6.92 Å². The molecule has 2 heterocycles. The van der Waals surface area contributed by atoms with Crippen LogP contribution in [0.4, 0.5) is 0 Å². The zero-order valence-corrected chi connectivity index (χ0v) is 14.3. The van der Waals surface area contributed by atoms with Gasteiger partial charge in [0.25, 0.3) is 5.56 Å². The molecule has 0 radical (unpaired) electrons. The minimum atomic E-state index is -0.823. The first-order valence-electron chi connectivity index (χ1n) is 8.40. The van der Waals surface area contributed by atoms with Crippen molar-refractivity contribution in [1.82, 2.24) is 14.9 Å². The van der Waals surface area contributed by atoms with Crippen molar-refractivity contribution < 1.29 is 14.6 Å². The number of aliphatic hydroxyl groups excluding tert-OH is 1. The van der Waals surface area contributed by atoms with Gasteiger partial charge in [-0.3, -0.25) is 19.1 Å². The van der Waals surface area contributed by atoms with Gasteiger partial charge in [0.15, 0.2) is 0 Å². The standard InChI is InChI=1S/C18H21N3O5/c1-11-10-21(18(25)20-17(11)24)16-8-13(22)14(26-16)9-19-15(23)7-12-5-3-2-4-6-12/h2-6,10,13-14,16,22H,7-9H2,1H3,(H,19,23)(H,20,24,25)/t13-,14+,16+/m0/s1. The highest BCUT2D eigenvalue weighted by molar-refractivity contribution is 5.78. The summed E-state index contributed by atoms with van der Waals surface area (Å²) in [6.07, 6.45) is -0.287. The maximum atomic E-state index is 12.0. The van der Waals surface area contributed by atoms with Gasteiger partial charge in [0.2, 0.25) is 5.91 Å². The second-order valence-corrected chi connectivity index (χ2v) is 6.38. The molecule has 0 saturated carbocycles. The largest absolute Gasteiger partial charge is 0.390 e. The number of aromatic amines is 1. The van der Waals surface area contributed by atoms with E-state index in [0.717, 1.165) is 5.56 Å². The quantitative estimate of drug-likeness (QED) is 0.687. The van der Waals surface area contributed by atoms with E-state index in [4.69, 9.17) is 4.74 Å². The van der Waals surface area contributed by atoms with E-state index in [2.05, 4.69) is 10.3 Å². The van der Waals surface area contributed by atoms with E-state index in [1.807, 2.05) is 30.3 Å². The molecule has 1 aromatic heterocycles. The number of nitrogens with one attached hydrogen (secondary N) is 2. The number of nitrogens with zero attached hydrogens (tertiary/aromatic N) is 1. The zero-order valence-electron chi connectivity index (χ0n) is 14.3. The molecule has 0 aliphatic carbocycles. The second-order valence-electron chi connectivity index (χ2n) is 6.38. The Morgan fingerprint density at radius 3 is 2.81 bits per heavy atom. The van der Waals surface area contributed by atoms with E-state index < -0.39 is 29.7 Å². The molecule has 8 nitrogen and oxygen atoms in total. The Morgan fingerprint density at radius 1 is 1.35 bits per heavy atom. The smallest absolute Gasteiger partial charge is 0.330 e. The third kappa shape index (κ3) is 4.09. The minimum Gasteiger partial charge on any atom is -0.390 e. The van der Waals surface area contributed by atoms with E-state index in [-0.39, 0.29) is 25.3 Å². The fourth-order valence-electron chi connectivity index (χ4n) is 2.93. The summed E-state index contributed by atoms with van der Waals surface area (Å²) in [5.41, 5.74) is 0.231. The van der Waals surface area contributed by atoms with E-state index in [9.17, 15) is 19.5 Å². The number of amides is 1. The Bertz CT molecular complexity index is 890. The number of aromatic nitrogens is 2. The first kappa shape index (κ1) is 18.1. The molecule has 26 heavy (non-hydrogen) atoms. The van der Waals surface area contributed by atoms with Crippen molar-refractivity contribution in [2.75, 3.05) is 6.54 Å². The number of ether oxygens (including phenoxy) is 1. The van der Waals surface area contributed by atoms with Gasteiger partial charge in [0, 0.05) is 24.7 Å². The van der Waals surface area contributed by atoms with Gasteiger partial charge in [0.05, 0.1) is 12.5 Å². The summed E-state index contributed by atoms with van der Waals surface area (Å²) in [6, 6.07) is 9.33. The van der Waals surface area contributed by atoms with E-state index in [0.29, 0.717) is 5.56 Å². The fourth-order valence-corrected chi connectivity index (χ4v) is 2.93. The number of aryl methyl sites for hydroxylation is 1. The molecule has 8 heteroatoms. The van der Waals surface area contributed by atoms with Gasteiger partial charge in [-0.05, 0) is 12.5 Å². The number of hydrogen-bond acceptors (Lipinski definition) is 5. The second kappa shape index (κ2) is 7.67. The number of benzene rings is 1. The van der Waals surface area contributed by atoms with E-state index in [1.165, 1.54) is 10.8 Å². The van der Waals surface area contributed by atoms with Crippen LogP contribution >= 0.6 is 0 Å². The summed E-state index contributed by atoms with van der Waals surface area (Å²) in [5, 5.41) is 12.9. The van der Waals surface area contributed by atoms with Gasteiger partial charge < -0.3 is 15.2 Å². The predicted molar refractivity (Wildman–Crippen MR) is 93.7 cm³/mol. The molecule has 1 aliphatic rings. The lowest BCUT2D eigenvalue weighted by Crippen LogP contribution is -2.38. The predicted octanol–water partition coefficient (Wildman–Crippen LogP) is -0.148. The van der Waals surface area contributed by atoms with Crippen molar-refractivity contribution in [2.24, 2.45) is 0 Å². The van der Waals surface area contributed by atoms with Crippen LogP contribution in [0.2, 0.25) is 0 Å². The maximum absolute atomic E-state index is 12.0. The van der Waals surface area contributed by atoms with Crippen molar-refractivity contribution in [1.29, 1.82) is 0 Å². The van der Waals surface area contributed by atoms with Crippen LogP contribution in [0.25, 0.3) is 0 Å². The van der Waals surface area contributed by atoms with Crippen LogP contribution in [0.1, 0.15) is 23.8 Å². The summed E-state index contributed by atoms with van der Waals surface area (Å²) < 4.78 is 6.97. The Kier molecular flexibility index (Phi) is 5.34. The van der Waals surface area contributed by atoms with Crippen LogP contribution in [0.3, 0.4) is 0 Å². The highest BCUT2D eigenvalue weighted by Crippen LogP contribution is 2.27. The van der Waals surface area contributed by atoms with Crippen molar-refractivity contribution in [2.45, 2.75) is 38.2 Å². The molecule has 1 fully saturated rings. The Labute approximate surface area is 149 Å². The summed E-state index contributed by atoms with van der Waals surface area (Å²) in [4.78, 5) is 37.6. The summed E-state index contributed by atoms with van der Waals surface area (Å²) >= 11 is 0. The average Bonchev–Trinajstić information content (AvgIpc) is 2.98. The van der Waals surface area contributed by atoms with Crippen molar-refractivity contribution in [3.63, 3.8) is 0 Å². The molecule has 0 bridgehead atoms. The first-order valence-corrected chi connectivity index (χ1v) is 8.40. The summed E-state index contributed by atoms with van der Waals surface area (Å²) in [7, 11) is 0. The topological polar surface area (TPSA) is 113 Å². The number of carbonyl (C=O) groups is 1. The lowest BCUT2D eigenvalue weighted by Gasteiger charge is -2.17. The monoisotopic (exact) mass is 359 g/mol. The Balaban J connectivity index is 1.59. The third-order valence-electron chi connectivity index (χ3n) is 4.37. The first-order chi connectivity index (χ1) is 12.4. The third-order valence-corrected chi connectivity index (χ3v) is 4.37. The van der Waals surface area contributed by atoms with Crippen LogP contribution in [-0.4, -0.2) is 39.3 Å². The maximum Gasteiger partial charge on any atom is 0.330 e. The van der Waals surface area contributed by atoms with Gasteiger partial charge >= 0.3 is 5.69 Å². The van der Waals surface area contributed by atoms with Gasteiger partial charge in [0.1, 0.15) is 12.3 Å². The minimum absolute atomic E-state index is 0.139. The van der Waals surface area contributed by atoms with Crippen LogP contribution in [0.5, 0.6) is 0 Å². The average molecular weight is 359 g/mol. The normalized spacial score (nSPS) is 22.3. The van der Waals surface area contributed by atoms with E-state index >= 15 is 0 Å². The number of aliphatic hydroxyl groups is 1. The molecule has 3 N–H and O–H groups in total. The number of carbonyl (C=O) groups excluding carboxylic acids is 1. The van der Waals surface area contributed by atoms with Crippen LogP contribution < -0.4 is 16.6 Å². The summed E-state index contributed by atoms with van der Waals surface area (Å²) in [6.45, 7) is 1.72. The van der Waals surface area contributed by atoms with Crippen molar-refractivity contribution >= 4 is 5.91 Å². The number of H-pyrrole nitrogens is 1. The van der Waals surface area contributed by atoms with Crippen LogP contribution in [0, 0.1) is 6.92 Å². The molecule has 3 rings (SSSR count). The van der Waals surface area contributed by atoms with Gasteiger partial charge in [-0.2, -0.15) is 0 Å². The lowest BCUT2D eigenvalue weighted by molar-refractivity contribution is -0.121. The molecule has 1 amide bonds. The fraction of sp³-hybridized carbons (Fsp3) is 0.389. The van der Waals surface area contributed by atoms with Crippen molar-refractivity contribution in [3.05, 3.63) is 68.5 Å². The molecule has 1 saturated heterocycles. The van der Waals surface area contributed by atoms with Crippen LogP contribution in [0.15, 0.2) is 46.1 Å². The molecular formula is C18H21N3O5. The molecule has 138 valence electrons. The Morgan fingerprint density at radius 2 is 2.08 bits per heavy atom. The van der Waals surface area contributed by atoms with Crippen LogP contribution in [-0.2, 0) is 16.0 Å². The van der Waals surface area contributed by atoms with Gasteiger partial charge in [-0.1, -0.05) is 30.3 Å². The Hall–Kier alpha value is -2.71. The molecule has 2 aromatic rings. The molecule has 0 unspecified atom stereocenters. The van der Waals surface area contributed by atoms with Gasteiger partial charge in [-0.25, -0.2) is 4.79 Å². The van der Waals surface area contributed by atoms with Crippen molar-refractivity contribution in [3.8, 4) is 0 Å². The summed E-state index contributed by atoms with van der Waals surface area (Å²) in [5.74, 6) is -0.174. The molecule has 1 aliphatic heterocycles. The molecular weight excluding hydrogens is 338 g/mol. The number of rotatable bonds is 5. The zero-order chi connectivity index (χ0) is 18.7. The highest BCUT2D eigenvalue weighted by Gasteiger charge is 2.35. The molecule has 3 atom stereocenters. The number of hydrogen-bond donors (Lipinski definition) is 3. The molecule has 0 spiro atoms.